The van der Waals surface area contributed by atoms with E-state index in [1.54, 1.807) is 0 Å². The lowest BCUT2D eigenvalue weighted by Gasteiger charge is -2.16. The van der Waals surface area contributed by atoms with E-state index in [1.165, 1.54) is 12.3 Å². The Morgan fingerprint density at radius 3 is 2.79 bits per heavy atom. The largest absolute Gasteiger partial charge is 0.390 e. The summed E-state index contributed by atoms with van der Waals surface area (Å²) >= 11 is 3.92. The molecule has 1 rings (SSSR count). The molecule has 1 heterocycles. The lowest BCUT2D eigenvalue weighted by molar-refractivity contribution is 0.0145. The number of hydrogen-bond acceptors (Lipinski definition) is 4. The molecule has 0 saturated carbocycles. The van der Waals surface area contributed by atoms with Crippen LogP contribution in [0.2, 0.25) is 0 Å². The molecule has 0 aromatic carbocycles. The fourth-order valence-electron chi connectivity index (χ4n) is 1.07. The first-order chi connectivity index (χ1) is 6.65. The van der Waals surface area contributed by atoms with Crippen LogP contribution >= 0.6 is 12.6 Å². The van der Waals surface area contributed by atoms with E-state index in [0.717, 1.165) is 6.07 Å². The van der Waals surface area contributed by atoms with Gasteiger partial charge >= 0.3 is 0 Å². The first-order valence-corrected chi connectivity index (χ1v) is 4.87. The zero-order valence-electron chi connectivity index (χ0n) is 7.47. The Morgan fingerprint density at radius 1 is 1.50 bits per heavy atom. The van der Waals surface area contributed by atoms with Gasteiger partial charge in [-0.2, -0.15) is 12.6 Å². The number of aliphatic hydroxyl groups is 2. The molecule has 1 aromatic rings. The summed E-state index contributed by atoms with van der Waals surface area (Å²) in [6, 6.07) is 2.29. The molecule has 0 aliphatic rings. The van der Waals surface area contributed by atoms with Gasteiger partial charge in [-0.15, -0.1) is 0 Å². The van der Waals surface area contributed by atoms with Crippen molar-refractivity contribution in [3.8, 4) is 0 Å². The maximum Gasteiger partial charge on any atom is 0.126 e. The molecule has 0 aliphatic carbocycles. The SMILES string of the molecule is OC(CCS)C(O)c1cc(F)ccn1. The van der Waals surface area contributed by atoms with Crippen LogP contribution in [-0.2, 0) is 0 Å². The van der Waals surface area contributed by atoms with Crippen molar-refractivity contribution in [2.24, 2.45) is 0 Å². The van der Waals surface area contributed by atoms with Crippen LogP contribution < -0.4 is 0 Å². The van der Waals surface area contributed by atoms with Crippen molar-refractivity contribution < 1.29 is 14.6 Å². The molecule has 0 bridgehead atoms. The molecule has 2 unspecified atom stereocenters. The van der Waals surface area contributed by atoms with Gasteiger partial charge in [-0.3, -0.25) is 4.98 Å². The maximum atomic E-state index is 12.7. The highest BCUT2D eigenvalue weighted by Crippen LogP contribution is 2.17. The number of aromatic nitrogens is 1. The van der Waals surface area contributed by atoms with Crippen LogP contribution in [0.1, 0.15) is 18.2 Å². The fourth-order valence-corrected chi connectivity index (χ4v) is 1.33. The second kappa shape index (κ2) is 5.29. The van der Waals surface area contributed by atoms with Crippen LogP contribution in [0.4, 0.5) is 4.39 Å². The average Bonchev–Trinajstić information content (AvgIpc) is 2.17. The summed E-state index contributed by atoms with van der Waals surface area (Å²) in [5, 5.41) is 18.9. The Hall–Kier alpha value is -0.650. The first kappa shape index (κ1) is 11.4. The molecule has 1 aromatic heterocycles. The van der Waals surface area contributed by atoms with E-state index < -0.39 is 18.0 Å². The van der Waals surface area contributed by atoms with Gasteiger partial charge in [0.15, 0.2) is 0 Å². The highest BCUT2D eigenvalue weighted by atomic mass is 32.1. The Morgan fingerprint density at radius 2 is 2.21 bits per heavy atom. The predicted octanol–water partition coefficient (Wildman–Crippen LogP) is 0.935. The molecule has 0 radical (unpaired) electrons. The van der Waals surface area contributed by atoms with Gasteiger partial charge in [-0.1, -0.05) is 0 Å². The third-order valence-electron chi connectivity index (χ3n) is 1.84. The van der Waals surface area contributed by atoms with Crippen LogP contribution in [0.25, 0.3) is 0 Å². The number of thiol groups is 1. The number of nitrogens with zero attached hydrogens (tertiary/aromatic N) is 1. The van der Waals surface area contributed by atoms with Crippen LogP contribution in [0.5, 0.6) is 0 Å². The molecule has 14 heavy (non-hydrogen) atoms. The van der Waals surface area contributed by atoms with Crippen molar-refractivity contribution in [3.63, 3.8) is 0 Å². The third kappa shape index (κ3) is 2.94. The molecular weight excluding hydrogens is 205 g/mol. The normalized spacial score (nSPS) is 15.1. The van der Waals surface area contributed by atoms with Gasteiger partial charge in [-0.05, 0) is 24.3 Å². The van der Waals surface area contributed by atoms with Gasteiger partial charge in [0.2, 0.25) is 0 Å². The molecule has 0 aliphatic heterocycles. The molecule has 0 saturated heterocycles. The molecule has 0 spiro atoms. The smallest absolute Gasteiger partial charge is 0.126 e. The molecule has 2 N–H and O–H groups in total. The zero-order valence-corrected chi connectivity index (χ0v) is 8.36. The van der Waals surface area contributed by atoms with Crippen molar-refractivity contribution in [1.82, 2.24) is 4.98 Å². The van der Waals surface area contributed by atoms with Gasteiger partial charge < -0.3 is 10.2 Å². The Bertz CT molecular complexity index is 298. The number of hydrogen-bond donors (Lipinski definition) is 3. The quantitative estimate of drug-likeness (QED) is 0.658. The van der Waals surface area contributed by atoms with Crippen molar-refractivity contribution in [3.05, 3.63) is 29.8 Å². The molecule has 78 valence electrons. The van der Waals surface area contributed by atoms with Gasteiger partial charge in [0, 0.05) is 6.20 Å². The first-order valence-electron chi connectivity index (χ1n) is 4.23. The minimum atomic E-state index is -1.15. The van der Waals surface area contributed by atoms with Gasteiger partial charge in [0.05, 0.1) is 11.8 Å². The van der Waals surface area contributed by atoms with Crippen LogP contribution in [-0.4, -0.2) is 27.1 Å². The second-order valence-corrected chi connectivity index (χ2v) is 3.37. The summed E-state index contributed by atoms with van der Waals surface area (Å²) in [6.07, 6.45) is -0.524. The summed E-state index contributed by atoms with van der Waals surface area (Å²) in [6.45, 7) is 0. The summed E-state index contributed by atoms with van der Waals surface area (Å²) in [7, 11) is 0. The summed E-state index contributed by atoms with van der Waals surface area (Å²) in [5.74, 6) is -0.0276. The van der Waals surface area contributed by atoms with E-state index in [2.05, 4.69) is 17.6 Å². The van der Waals surface area contributed by atoms with E-state index in [1.807, 2.05) is 0 Å². The Balaban J connectivity index is 2.73. The van der Waals surface area contributed by atoms with Crippen molar-refractivity contribution in [2.75, 3.05) is 5.75 Å². The molecular formula is C9H12FNO2S. The minimum Gasteiger partial charge on any atom is -0.390 e. The molecule has 0 amide bonds. The van der Waals surface area contributed by atoms with Crippen LogP contribution in [0.3, 0.4) is 0 Å². The van der Waals surface area contributed by atoms with Crippen LogP contribution in [0, 0.1) is 5.82 Å². The summed E-state index contributed by atoms with van der Waals surface area (Å²) in [4.78, 5) is 3.77. The highest BCUT2D eigenvalue weighted by Gasteiger charge is 2.18. The van der Waals surface area contributed by atoms with E-state index in [0.29, 0.717) is 12.2 Å². The lowest BCUT2D eigenvalue weighted by atomic mass is 10.1. The maximum absolute atomic E-state index is 12.7. The average molecular weight is 217 g/mol. The monoisotopic (exact) mass is 217 g/mol. The van der Waals surface area contributed by atoms with Crippen LogP contribution in [0.15, 0.2) is 18.3 Å². The van der Waals surface area contributed by atoms with E-state index in [4.69, 9.17) is 0 Å². The molecule has 5 heteroatoms. The number of pyridine rings is 1. The third-order valence-corrected chi connectivity index (χ3v) is 2.09. The summed E-state index contributed by atoms with van der Waals surface area (Å²) in [5.41, 5.74) is 0.138. The molecule has 0 fully saturated rings. The van der Waals surface area contributed by atoms with Crippen molar-refractivity contribution in [2.45, 2.75) is 18.6 Å². The Kier molecular flexibility index (Phi) is 4.31. The Labute approximate surface area is 87.0 Å². The fraction of sp³-hybridized carbons (Fsp3) is 0.444. The number of rotatable bonds is 4. The van der Waals surface area contributed by atoms with E-state index in [9.17, 15) is 14.6 Å². The van der Waals surface area contributed by atoms with Crippen molar-refractivity contribution >= 4 is 12.6 Å². The number of halogens is 1. The molecule has 2 atom stereocenters. The van der Waals surface area contributed by atoms with Gasteiger partial charge in [0.25, 0.3) is 0 Å². The molecule has 3 nitrogen and oxygen atoms in total. The topological polar surface area (TPSA) is 53.4 Å². The van der Waals surface area contributed by atoms with Gasteiger partial charge in [-0.25, -0.2) is 4.39 Å². The van der Waals surface area contributed by atoms with Gasteiger partial charge in [0.1, 0.15) is 11.9 Å². The lowest BCUT2D eigenvalue weighted by Crippen LogP contribution is -2.19. The predicted molar refractivity (Wildman–Crippen MR) is 53.6 cm³/mol. The summed E-state index contributed by atoms with van der Waals surface area (Å²) < 4.78 is 12.7. The van der Waals surface area contributed by atoms with E-state index >= 15 is 0 Å². The minimum absolute atomic E-state index is 0.138. The standard InChI is InChI=1S/C9H12FNO2S/c10-6-1-3-11-7(5-6)9(13)8(12)2-4-14/h1,3,5,8-9,12-14H,2,4H2. The number of aliphatic hydroxyl groups excluding tert-OH is 2. The van der Waals surface area contributed by atoms with Crippen molar-refractivity contribution in [1.29, 1.82) is 0 Å². The van der Waals surface area contributed by atoms with E-state index in [-0.39, 0.29) is 5.69 Å². The zero-order chi connectivity index (χ0) is 10.6. The highest BCUT2D eigenvalue weighted by molar-refractivity contribution is 7.80. The second-order valence-electron chi connectivity index (χ2n) is 2.92.